The third kappa shape index (κ3) is 3.51. The molecular weight excluding hydrogens is 406 g/mol. The molecule has 0 saturated heterocycles. The van der Waals surface area contributed by atoms with Crippen molar-refractivity contribution in [3.05, 3.63) is 60.7 Å². The van der Waals surface area contributed by atoms with Crippen LogP contribution in [0.2, 0.25) is 0 Å². The third-order valence-electron chi connectivity index (χ3n) is 4.80. The van der Waals surface area contributed by atoms with Crippen LogP contribution in [0.1, 0.15) is 24.6 Å². The third-order valence-corrected chi connectivity index (χ3v) is 6.88. The summed E-state index contributed by atoms with van der Waals surface area (Å²) in [7, 11) is -3.33. The summed E-state index contributed by atoms with van der Waals surface area (Å²) in [5, 5.41) is 10.9. The Morgan fingerprint density at radius 3 is 2.55 bits per heavy atom. The largest absolute Gasteiger partial charge is 0.273 e. The molecule has 1 aliphatic rings. The first-order valence-electron chi connectivity index (χ1n) is 9.14. The Balaban J connectivity index is 1.63. The molecule has 0 spiro atoms. The summed E-state index contributed by atoms with van der Waals surface area (Å²) < 4.78 is 26.1. The van der Waals surface area contributed by atoms with E-state index in [1.807, 2.05) is 30.3 Å². The van der Waals surface area contributed by atoms with Crippen molar-refractivity contribution in [1.82, 2.24) is 24.7 Å². The van der Waals surface area contributed by atoms with Crippen LogP contribution in [0.4, 0.5) is 0 Å². The molecule has 0 aliphatic heterocycles. The van der Waals surface area contributed by atoms with Crippen LogP contribution in [-0.2, 0) is 9.84 Å². The van der Waals surface area contributed by atoms with E-state index < -0.39 is 9.84 Å². The van der Waals surface area contributed by atoms with E-state index in [9.17, 15) is 8.42 Å². The molecule has 1 saturated carbocycles. The molecule has 0 N–H and O–H groups in total. The number of nitrogens with zero attached hydrogens (tertiary/aromatic N) is 5. The maximum atomic E-state index is 12.0. The maximum absolute atomic E-state index is 12.0. The predicted molar refractivity (Wildman–Crippen MR) is 110 cm³/mol. The van der Waals surface area contributed by atoms with Gasteiger partial charge in [0.15, 0.2) is 9.84 Å². The normalized spacial score (nSPS) is 14.4. The number of aromatic nitrogens is 5. The molecule has 9 heteroatoms. The molecule has 1 fully saturated rings. The second-order valence-electron chi connectivity index (χ2n) is 7.02. The number of hydrogen-bond donors (Lipinski definition) is 0. The minimum atomic E-state index is -3.33. The molecule has 29 heavy (non-hydrogen) atoms. The van der Waals surface area contributed by atoms with Gasteiger partial charge < -0.3 is 0 Å². The first-order valence-corrected chi connectivity index (χ1v) is 11.8. The Labute approximate surface area is 172 Å². The van der Waals surface area contributed by atoms with Gasteiger partial charge in [-0.25, -0.2) is 18.4 Å². The van der Waals surface area contributed by atoms with E-state index in [4.69, 9.17) is 0 Å². The van der Waals surface area contributed by atoms with Crippen molar-refractivity contribution in [3.8, 4) is 5.69 Å². The molecule has 1 aliphatic carbocycles. The van der Waals surface area contributed by atoms with Crippen LogP contribution < -0.4 is 0 Å². The quantitative estimate of drug-likeness (QED) is 0.453. The molecule has 5 rings (SSSR count). The SMILES string of the molecule is CS(=O)(=O)c1ccc2ncnc(Sc3nnc(C4CC4)n3-c3ccccc3)c2c1. The van der Waals surface area contributed by atoms with Crippen molar-refractivity contribution < 1.29 is 8.42 Å². The van der Waals surface area contributed by atoms with Gasteiger partial charge in [0.25, 0.3) is 0 Å². The van der Waals surface area contributed by atoms with Crippen LogP contribution >= 0.6 is 11.8 Å². The van der Waals surface area contributed by atoms with E-state index in [1.165, 1.54) is 24.3 Å². The van der Waals surface area contributed by atoms with Crippen LogP contribution in [-0.4, -0.2) is 39.4 Å². The number of benzene rings is 2. The average molecular weight is 424 g/mol. The molecule has 2 heterocycles. The van der Waals surface area contributed by atoms with Crippen molar-refractivity contribution in [1.29, 1.82) is 0 Å². The molecular formula is C20H17N5O2S2. The molecule has 0 atom stereocenters. The van der Waals surface area contributed by atoms with Crippen molar-refractivity contribution in [3.63, 3.8) is 0 Å². The van der Waals surface area contributed by atoms with E-state index in [-0.39, 0.29) is 4.90 Å². The minimum absolute atomic E-state index is 0.241. The van der Waals surface area contributed by atoms with E-state index in [0.717, 1.165) is 24.4 Å². The summed E-state index contributed by atoms with van der Waals surface area (Å²) in [5.74, 6) is 1.38. The summed E-state index contributed by atoms with van der Waals surface area (Å²) in [6.45, 7) is 0. The van der Waals surface area contributed by atoms with Gasteiger partial charge in [-0.15, -0.1) is 10.2 Å². The van der Waals surface area contributed by atoms with E-state index in [1.54, 1.807) is 18.2 Å². The molecule has 0 amide bonds. The highest BCUT2D eigenvalue weighted by molar-refractivity contribution is 7.99. The van der Waals surface area contributed by atoms with Gasteiger partial charge in [-0.2, -0.15) is 0 Å². The molecule has 7 nitrogen and oxygen atoms in total. The van der Waals surface area contributed by atoms with Crippen LogP contribution in [0.25, 0.3) is 16.6 Å². The van der Waals surface area contributed by atoms with E-state index >= 15 is 0 Å². The van der Waals surface area contributed by atoms with Crippen molar-refractivity contribution >= 4 is 32.5 Å². The first kappa shape index (κ1) is 18.3. The van der Waals surface area contributed by atoms with Gasteiger partial charge in [0.05, 0.1) is 10.4 Å². The number of sulfone groups is 1. The zero-order chi connectivity index (χ0) is 20.0. The Kier molecular flexibility index (Phi) is 4.36. The Morgan fingerprint density at radius 1 is 1.03 bits per heavy atom. The lowest BCUT2D eigenvalue weighted by Crippen LogP contribution is -2.02. The molecule has 146 valence electrons. The van der Waals surface area contributed by atoms with Crippen LogP contribution in [0, 0.1) is 0 Å². The topological polar surface area (TPSA) is 90.6 Å². The number of hydrogen-bond acceptors (Lipinski definition) is 7. The van der Waals surface area contributed by atoms with Crippen molar-refractivity contribution in [2.45, 2.75) is 33.8 Å². The molecule has 2 aromatic heterocycles. The van der Waals surface area contributed by atoms with Gasteiger partial charge in [0.1, 0.15) is 17.2 Å². The summed E-state index contributed by atoms with van der Waals surface area (Å²) in [6.07, 6.45) is 4.90. The lowest BCUT2D eigenvalue weighted by molar-refractivity contribution is 0.602. The summed E-state index contributed by atoms with van der Waals surface area (Å²) in [6, 6.07) is 14.9. The fraction of sp³-hybridized carbons (Fsp3) is 0.200. The summed E-state index contributed by atoms with van der Waals surface area (Å²) in [5.41, 5.74) is 1.68. The Hall–Kier alpha value is -2.78. The standard InChI is InChI=1S/C20H17N5O2S2/c1-29(26,27)15-9-10-17-16(11-15)19(22-12-21-17)28-20-24-23-18(13-7-8-13)25(20)14-5-3-2-4-6-14/h2-6,9-13H,7-8H2,1H3. The Morgan fingerprint density at radius 2 is 1.83 bits per heavy atom. The fourth-order valence-corrected chi connectivity index (χ4v) is 4.75. The van der Waals surface area contributed by atoms with Gasteiger partial charge in [0, 0.05) is 23.2 Å². The number of para-hydroxylation sites is 1. The molecule has 2 aromatic carbocycles. The van der Waals surface area contributed by atoms with Gasteiger partial charge in [-0.3, -0.25) is 4.57 Å². The fourth-order valence-electron chi connectivity index (χ4n) is 3.18. The molecule has 4 aromatic rings. The van der Waals surface area contributed by atoms with Crippen LogP contribution in [0.15, 0.2) is 69.9 Å². The highest BCUT2D eigenvalue weighted by atomic mass is 32.2. The van der Waals surface area contributed by atoms with Gasteiger partial charge in [-0.1, -0.05) is 18.2 Å². The monoisotopic (exact) mass is 423 g/mol. The number of fused-ring (bicyclic) bond motifs is 1. The predicted octanol–water partition coefficient (Wildman–Crippen LogP) is 3.64. The zero-order valence-corrected chi connectivity index (χ0v) is 17.2. The minimum Gasteiger partial charge on any atom is -0.273 e. The second-order valence-corrected chi connectivity index (χ2v) is 9.99. The van der Waals surface area contributed by atoms with Crippen LogP contribution in [0.3, 0.4) is 0 Å². The maximum Gasteiger partial charge on any atom is 0.202 e. The van der Waals surface area contributed by atoms with Gasteiger partial charge in [0.2, 0.25) is 5.16 Å². The van der Waals surface area contributed by atoms with E-state index in [0.29, 0.717) is 27.0 Å². The van der Waals surface area contributed by atoms with Gasteiger partial charge in [-0.05, 0) is 54.9 Å². The van der Waals surface area contributed by atoms with Crippen molar-refractivity contribution in [2.24, 2.45) is 0 Å². The molecule has 0 unspecified atom stereocenters. The van der Waals surface area contributed by atoms with Crippen molar-refractivity contribution in [2.75, 3.05) is 6.26 Å². The zero-order valence-electron chi connectivity index (χ0n) is 15.6. The highest BCUT2D eigenvalue weighted by Crippen LogP contribution is 2.42. The second kappa shape index (κ2) is 6.93. The summed E-state index contributed by atoms with van der Waals surface area (Å²) >= 11 is 1.37. The first-order chi connectivity index (χ1) is 14.0. The summed E-state index contributed by atoms with van der Waals surface area (Å²) in [4.78, 5) is 8.91. The Bertz CT molecular complexity index is 1320. The highest BCUT2D eigenvalue weighted by Gasteiger charge is 2.31. The lowest BCUT2D eigenvalue weighted by atomic mass is 10.2. The molecule has 0 radical (unpaired) electrons. The average Bonchev–Trinajstić information content (AvgIpc) is 3.48. The van der Waals surface area contributed by atoms with Crippen LogP contribution in [0.5, 0.6) is 0 Å². The van der Waals surface area contributed by atoms with E-state index in [2.05, 4.69) is 24.7 Å². The lowest BCUT2D eigenvalue weighted by Gasteiger charge is -2.10. The smallest absolute Gasteiger partial charge is 0.202 e. The molecule has 0 bridgehead atoms. The van der Waals surface area contributed by atoms with Gasteiger partial charge >= 0.3 is 0 Å². The number of rotatable bonds is 5.